The van der Waals surface area contributed by atoms with Crippen LogP contribution >= 0.6 is 0 Å². The molecule has 0 bridgehead atoms. The van der Waals surface area contributed by atoms with Crippen molar-refractivity contribution in [3.05, 3.63) is 52.7 Å². The van der Waals surface area contributed by atoms with E-state index in [0.29, 0.717) is 24.6 Å². The summed E-state index contributed by atoms with van der Waals surface area (Å²) in [4.78, 5) is 28.6. The summed E-state index contributed by atoms with van der Waals surface area (Å²) in [7, 11) is 0. The molecule has 0 atom stereocenters. The van der Waals surface area contributed by atoms with Crippen molar-refractivity contribution in [1.82, 2.24) is 15.3 Å². The molecule has 0 aliphatic carbocycles. The van der Waals surface area contributed by atoms with E-state index < -0.39 is 0 Å². The zero-order valence-electron chi connectivity index (χ0n) is 10.6. The number of amides is 1. The number of benzene rings is 1. The van der Waals surface area contributed by atoms with Gasteiger partial charge in [0.2, 0.25) is 0 Å². The maximum Gasteiger partial charge on any atom is 0.271 e. The number of rotatable bonds is 5. The zero-order valence-corrected chi connectivity index (χ0v) is 10.6. The Kier molecular flexibility index (Phi) is 4.33. The number of H-pyrrole nitrogens is 1. The molecule has 2 aromatic rings. The summed E-state index contributed by atoms with van der Waals surface area (Å²) in [6.45, 7) is 0.618. The van der Waals surface area contributed by atoms with Gasteiger partial charge in [0.15, 0.2) is 0 Å². The molecule has 0 aliphatic heterocycles. The molecular weight excluding hydrogens is 260 g/mol. The molecule has 104 valence electrons. The Morgan fingerprint density at radius 1 is 1.45 bits per heavy atom. The predicted octanol–water partition coefficient (Wildman–Crippen LogP) is 0.161. The molecule has 0 unspecified atom stereocenters. The molecule has 1 aromatic carbocycles. The summed E-state index contributed by atoms with van der Waals surface area (Å²) in [5.74, 6) is 0.263. The second-order valence-corrected chi connectivity index (χ2v) is 3.97. The Morgan fingerprint density at radius 2 is 2.30 bits per heavy atom. The highest BCUT2D eigenvalue weighted by Crippen LogP contribution is 2.13. The molecule has 4 N–H and O–H groups in total. The average molecular weight is 274 g/mol. The van der Waals surface area contributed by atoms with E-state index in [9.17, 15) is 9.59 Å². The molecule has 1 aromatic heterocycles. The molecule has 0 aliphatic rings. The van der Waals surface area contributed by atoms with E-state index in [-0.39, 0.29) is 17.2 Å². The first-order valence-corrected chi connectivity index (χ1v) is 5.96. The number of nitrogens with two attached hydrogens (primary N) is 1. The first-order valence-electron chi connectivity index (χ1n) is 5.96. The quantitative estimate of drug-likeness (QED) is 0.531. The van der Waals surface area contributed by atoms with Crippen molar-refractivity contribution in [1.29, 1.82) is 0 Å². The van der Waals surface area contributed by atoms with Crippen molar-refractivity contribution in [3.63, 3.8) is 0 Å². The normalized spacial score (nSPS) is 10.0. The first kappa shape index (κ1) is 13.6. The van der Waals surface area contributed by atoms with Gasteiger partial charge in [0.1, 0.15) is 18.1 Å². The van der Waals surface area contributed by atoms with Crippen LogP contribution in [0, 0.1) is 0 Å². The Morgan fingerprint density at radius 3 is 3.00 bits per heavy atom. The minimum absolute atomic E-state index is 0.147. The van der Waals surface area contributed by atoms with Crippen LogP contribution in [0.4, 0.5) is 5.69 Å². The molecule has 1 heterocycles. The van der Waals surface area contributed by atoms with Crippen LogP contribution in [0.15, 0.2) is 41.5 Å². The summed E-state index contributed by atoms with van der Waals surface area (Å²) >= 11 is 0. The predicted molar refractivity (Wildman–Crippen MR) is 73.5 cm³/mol. The Labute approximate surface area is 114 Å². The number of carbonyl (C=O) groups is 1. The van der Waals surface area contributed by atoms with E-state index in [4.69, 9.17) is 10.5 Å². The van der Waals surface area contributed by atoms with E-state index in [1.165, 1.54) is 6.20 Å². The van der Waals surface area contributed by atoms with Crippen LogP contribution in [0.3, 0.4) is 0 Å². The van der Waals surface area contributed by atoms with Crippen molar-refractivity contribution in [2.24, 2.45) is 0 Å². The fourth-order valence-electron chi connectivity index (χ4n) is 1.49. The van der Waals surface area contributed by atoms with Gasteiger partial charge in [-0.05, 0) is 12.1 Å². The lowest BCUT2D eigenvalue weighted by Crippen LogP contribution is -2.29. The van der Waals surface area contributed by atoms with Crippen molar-refractivity contribution in [2.45, 2.75) is 0 Å². The molecule has 1 amide bonds. The highest BCUT2D eigenvalue weighted by molar-refractivity contribution is 5.91. The summed E-state index contributed by atoms with van der Waals surface area (Å²) in [5, 5.41) is 2.62. The lowest BCUT2D eigenvalue weighted by Gasteiger charge is -2.07. The number of anilines is 1. The maximum atomic E-state index is 11.7. The van der Waals surface area contributed by atoms with Crippen LogP contribution in [-0.4, -0.2) is 29.0 Å². The number of aromatic nitrogens is 2. The van der Waals surface area contributed by atoms with Crippen molar-refractivity contribution < 1.29 is 9.53 Å². The zero-order chi connectivity index (χ0) is 14.4. The molecule has 0 spiro atoms. The topological polar surface area (TPSA) is 110 Å². The molecule has 7 heteroatoms. The fourth-order valence-corrected chi connectivity index (χ4v) is 1.49. The number of carbonyl (C=O) groups excluding carboxylic acids is 1. The molecule has 2 rings (SSSR count). The van der Waals surface area contributed by atoms with Gasteiger partial charge in [0, 0.05) is 18.0 Å². The van der Waals surface area contributed by atoms with Gasteiger partial charge in [-0.25, -0.2) is 4.98 Å². The molecule has 0 fully saturated rings. The smallest absolute Gasteiger partial charge is 0.271 e. The van der Waals surface area contributed by atoms with Crippen LogP contribution in [0.2, 0.25) is 0 Å². The minimum atomic E-state index is -0.377. The largest absolute Gasteiger partial charge is 0.492 e. The van der Waals surface area contributed by atoms with Gasteiger partial charge in [-0.1, -0.05) is 6.07 Å². The second-order valence-electron chi connectivity index (χ2n) is 3.97. The highest BCUT2D eigenvalue weighted by Gasteiger charge is 2.06. The highest BCUT2D eigenvalue weighted by atomic mass is 16.5. The minimum Gasteiger partial charge on any atom is -0.492 e. The van der Waals surface area contributed by atoms with E-state index in [1.54, 1.807) is 24.3 Å². The SMILES string of the molecule is Nc1cccc(OCCNC(=O)c2c[nH]c(=O)cn2)c1. The third kappa shape index (κ3) is 3.84. The van der Waals surface area contributed by atoms with Gasteiger partial charge in [0.25, 0.3) is 11.5 Å². The van der Waals surface area contributed by atoms with E-state index in [2.05, 4.69) is 15.3 Å². The van der Waals surface area contributed by atoms with Crippen molar-refractivity contribution in [2.75, 3.05) is 18.9 Å². The average Bonchev–Trinajstić information content (AvgIpc) is 2.44. The Hall–Kier alpha value is -2.83. The number of hydrogen-bond acceptors (Lipinski definition) is 5. The number of nitrogens with zero attached hydrogens (tertiary/aromatic N) is 1. The number of nitrogens with one attached hydrogen (secondary N) is 2. The second kappa shape index (κ2) is 6.37. The van der Waals surface area contributed by atoms with Crippen LogP contribution in [-0.2, 0) is 0 Å². The number of ether oxygens (including phenoxy) is 1. The number of aromatic amines is 1. The van der Waals surface area contributed by atoms with Crippen molar-refractivity contribution in [3.8, 4) is 5.75 Å². The van der Waals surface area contributed by atoms with Crippen LogP contribution in [0.1, 0.15) is 10.5 Å². The summed E-state index contributed by atoms with van der Waals surface area (Å²) in [6, 6.07) is 7.02. The molecule has 0 saturated carbocycles. The summed E-state index contributed by atoms with van der Waals surface area (Å²) < 4.78 is 5.42. The lowest BCUT2D eigenvalue weighted by atomic mass is 10.3. The third-order valence-electron chi connectivity index (χ3n) is 2.42. The molecule has 7 nitrogen and oxygen atoms in total. The number of hydrogen-bond donors (Lipinski definition) is 3. The molecule has 0 saturated heterocycles. The fraction of sp³-hybridized carbons (Fsp3) is 0.154. The molecule has 20 heavy (non-hydrogen) atoms. The Bertz CT molecular complexity index is 634. The lowest BCUT2D eigenvalue weighted by molar-refractivity contribution is 0.0941. The monoisotopic (exact) mass is 274 g/mol. The van der Waals surface area contributed by atoms with Gasteiger partial charge < -0.3 is 20.8 Å². The summed E-state index contributed by atoms with van der Waals surface area (Å²) in [6.07, 6.45) is 2.31. The van der Waals surface area contributed by atoms with Crippen LogP contribution in [0.5, 0.6) is 5.75 Å². The van der Waals surface area contributed by atoms with Gasteiger partial charge in [0.05, 0.1) is 12.7 Å². The first-order chi connectivity index (χ1) is 9.65. The molecular formula is C13H14N4O3. The van der Waals surface area contributed by atoms with Gasteiger partial charge in [-0.3, -0.25) is 9.59 Å². The standard InChI is InChI=1S/C13H14N4O3/c14-9-2-1-3-10(6-9)20-5-4-15-13(19)11-7-17-12(18)8-16-11/h1-3,6-8H,4-5,14H2,(H,15,19)(H,17,18). The van der Waals surface area contributed by atoms with E-state index in [0.717, 1.165) is 6.20 Å². The number of nitrogen functional groups attached to an aromatic ring is 1. The third-order valence-corrected chi connectivity index (χ3v) is 2.42. The van der Waals surface area contributed by atoms with E-state index in [1.807, 2.05) is 0 Å². The molecule has 0 radical (unpaired) electrons. The van der Waals surface area contributed by atoms with Gasteiger partial charge in [-0.15, -0.1) is 0 Å². The van der Waals surface area contributed by atoms with Gasteiger partial charge >= 0.3 is 0 Å². The van der Waals surface area contributed by atoms with Gasteiger partial charge in [-0.2, -0.15) is 0 Å². The summed E-state index contributed by atoms with van der Waals surface area (Å²) in [5.41, 5.74) is 6.02. The van der Waals surface area contributed by atoms with Crippen LogP contribution < -0.4 is 21.3 Å². The maximum absolute atomic E-state index is 11.7. The Balaban J connectivity index is 1.77. The van der Waals surface area contributed by atoms with E-state index >= 15 is 0 Å². The van der Waals surface area contributed by atoms with Crippen molar-refractivity contribution >= 4 is 11.6 Å². The van der Waals surface area contributed by atoms with Crippen LogP contribution in [0.25, 0.3) is 0 Å².